The standard InChI is InChI=1S/C9H14N3O7P/c10-7-1-2-12(9(14)11-7)8-3-5(6(4-13)18-8)19-20(15,16)17/h1-2,5-6,8,13H,3-4H2,(H2,10,11,14)(H2,15,16,17)/p-1/t5-,6+,8+/m0/s1. The summed E-state index contributed by atoms with van der Waals surface area (Å²) in [5.74, 6) is 0. The van der Waals surface area contributed by atoms with Crippen LogP contribution in [0.1, 0.15) is 12.6 Å². The third kappa shape index (κ3) is 3.42. The molecule has 1 fully saturated rings. The molecule has 1 aliphatic rings. The Bertz CT molecular complexity index is 585. The van der Waals surface area contributed by atoms with Gasteiger partial charge in [-0.1, -0.05) is 0 Å². The van der Waals surface area contributed by atoms with Crippen LogP contribution in [0, 0.1) is 5.41 Å². The molecular formula is C9H13N3O7P-. The fraction of sp³-hybridized carbons (Fsp3) is 0.556. The number of hydrogen-bond donors (Lipinski definition) is 4. The van der Waals surface area contributed by atoms with E-state index in [0.717, 1.165) is 4.57 Å². The smallest absolute Gasteiger partial charge is 0.469 e. The summed E-state index contributed by atoms with van der Waals surface area (Å²) in [6, 6.07) is 0.548. The molecule has 0 bridgehead atoms. The first-order chi connectivity index (χ1) is 9.30. The van der Waals surface area contributed by atoms with Crippen LogP contribution in [0.25, 0.3) is 0 Å². The number of aliphatic hydroxyl groups is 1. The highest BCUT2D eigenvalue weighted by molar-refractivity contribution is 7.46. The van der Waals surface area contributed by atoms with Crippen LogP contribution in [0.15, 0.2) is 12.3 Å². The first-order valence-electron chi connectivity index (χ1n) is 5.61. The van der Waals surface area contributed by atoms with Gasteiger partial charge in [0, 0.05) is 12.6 Å². The minimum atomic E-state index is -4.73. The third-order valence-corrected chi connectivity index (χ3v) is 3.32. The summed E-state index contributed by atoms with van der Waals surface area (Å²) in [7, 11) is -4.73. The Kier molecular flexibility index (Phi) is 4.23. The van der Waals surface area contributed by atoms with E-state index in [9.17, 15) is 9.67 Å². The normalized spacial score (nSPS) is 26.9. The second-order valence-electron chi connectivity index (χ2n) is 4.18. The third-order valence-electron chi connectivity index (χ3n) is 2.77. The Balaban J connectivity index is 2.19. The van der Waals surface area contributed by atoms with Crippen LogP contribution in [0.4, 0.5) is 0 Å². The molecule has 112 valence electrons. The Morgan fingerprint density at radius 2 is 2.35 bits per heavy atom. The molecule has 1 saturated heterocycles. The Morgan fingerprint density at radius 1 is 1.65 bits per heavy atom. The molecule has 0 radical (unpaired) electrons. The van der Waals surface area contributed by atoms with Gasteiger partial charge in [0.1, 0.15) is 23.9 Å². The zero-order valence-electron chi connectivity index (χ0n) is 10.1. The molecule has 0 unspecified atom stereocenters. The number of phosphoric ester groups is 1. The average molecular weight is 306 g/mol. The lowest BCUT2D eigenvalue weighted by molar-refractivity contribution is -0.290. The largest absolute Gasteiger partial charge is 0.846 e. The van der Waals surface area contributed by atoms with Crippen molar-refractivity contribution in [2.24, 2.45) is 0 Å². The molecule has 2 rings (SSSR count). The van der Waals surface area contributed by atoms with Gasteiger partial charge in [0.05, 0.1) is 12.6 Å². The lowest BCUT2D eigenvalue weighted by Crippen LogP contribution is -2.27. The van der Waals surface area contributed by atoms with Crippen LogP contribution in [0.2, 0.25) is 0 Å². The Labute approximate surface area is 113 Å². The number of phosphoric acid groups is 1. The van der Waals surface area contributed by atoms with Gasteiger partial charge in [0.2, 0.25) is 0 Å². The number of nitrogens with one attached hydrogen (secondary N) is 1. The zero-order valence-corrected chi connectivity index (χ0v) is 11.0. The van der Waals surface area contributed by atoms with Gasteiger partial charge in [-0.2, -0.15) is 0 Å². The second kappa shape index (κ2) is 5.60. The molecule has 1 aromatic rings. The molecule has 0 saturated carbocycles. The second-order valence-corrected chi connectivity index (χ2v) is 5.38. The Morgan fingerprint density at radius 3 is 2.90 bits per heavy atom. The number of ether oxygens (including phenoxy) is 1. The van der Waals surface area contributed by atoms with Crippen molar-refractivity contribution in [3.05, 3.63) is 17.8 Å². The summed E-state index contributed by atoms with van der Waals surface area (Å²) in [5, 5.41) is 27.9. The molecule has 11 heteroatoms. The molecule has 1 aliphatic heterocycles. The van der Waals surface area contributed by atoms with Gasteiger partial charge in [-0.05, 0) is 6.07 Å². The van der Waals surface area contributed by atoms with Crippen molar-refractivity contribution in [3.8, 4) is 6.01 Å². The van der Waals surface area contributed by atoms with E-state index in [2.05, 4.69) is 9.51 Å². The fourth-order valence-corrected chi connectivity index (χ4v) is 2.53. The highest BCUT2D eigenvalue weighted by atomic mass is 31.2. The minimum absolute atomic E-state index is 0.0325. The SMILES string of the molecule is N=c1ccn([C@H]2C[C@H](OP(=O)(O)O)[C@@H](CO)O2)c([O-])n1. The number of aromatic nitrogens is 2. The molecular weight excluding hydrogens is 293 g/mol. The lowest BCUT2D eigenvalue weighted by atomic mass is 10.2. The molecule has 3 atom stereocenters. The van der Waals surface area contributed by atoms with Gasteiger partial charge in [0.15, 0.2) is 0 Å². The number of aliphatic hydroxyl groups excluding tert-OH is 1. The van der Waals surface area contributed by atoms with Gasteiger partial charge in [-0.3, -0.25) is 9.93 Å². The van der Waals surface area contributed by atoms with E-state index in [4.69, 9.17) is 25.0 Å². The van der Waals surface area contributed by atoms with Crippen LogP contribution >= 0.6 is 7.82 Å². The van der Waals surface area contributed by atoms with Gasteiger partial charge in [-0.15, -0.1) is 0 Å². The maximum Gasteiger partial charge on any atom is 0.469 e. The van der Waals surface area contributed by atoms with Crippen LogP contribution in [0.5, 0.6) is 6.01 Å². The number of hydrogen-bond acceptors (Lipinski definition) is 7. The maximum absolute atomic E-state index is 11.6. The topological polar surface area (TPSA) is 161 Å². The number of nitrogens with zero attached hydrogens (tertiary/aromatic N) is 2. The van der Waals surface area contributed by atoms with Crippen molar-refractivity contribution < 1.29 is 33.8 Å². The van der Waals surface area contributed by atoms with Crippen molar-refractivity contribution in [2.75, 3.05) is 6.61 Å². The van der Waals surface area contributed by atoms with Crippen LogP contribution in [-0.4, -0.2) is 43.3 Å². The summed E-state index contributed by atoms with van der Waals surface area (Å²) in [5.41, 5.74) is -0.203. The lowest BCUT2D eigenvalue weighted by Gasteiger charge is -2.21. The molecule has 20 heavy (non-hydrogen) atoms. The monoisotopic (exact) mass is 306 g/mol. The van der Waals surface area contributed by atoms with Gasteiger partial charge in [0.25, 0.3) is 0 Å². The van der Waals surface area contributed by atoms with Crippen LogP contribution in [-0.2, 0) is 13.8 Å². The summed E-state index contributed by atoms with van der Waals surface area (Å²) in [4.78, 5) is 21.0. The summed E-state index contributed by atoms with van der Waals surface area (Å²) < 4.78 is 21.8. The fourth-order valence-electron chi connectivity index (χ4n) is 1.95. The molecule has 4 N–H and O–H groups in total. The molecule has 1 aromatic heterocycles. The van der Waals surface area contributed by atoms with Gasteiger partial charge >= 0.3 is 7.82 Å². The van der Waals surface area contributed by atoms with E-state index in [1.54, 1.807) is 0 Å². The quantitative estimate of drug-likeness (QED) is 0.473. The van der Waals surface area contributed by atoms with E-state index in [0.29, 0.717) is 0 Å². The van der Waals surface area contributed by atoms with E-state index >= 15 is 0 Å². The first-order valence-corrected chi connectivity index (χ1v) is 7.14. The highest BCUT2D eigenvalue weighted by Crippen LogP contribution is 2.43. The Hall–Kier alpha value is -1.29. The average Bonchev–Trinajstić information content (AvgIpc) is 2.69. The first kappa shape index (κ1) is 15.1. The number of rotatable bonds is 4. The van der Waals surface area contributed by atoms with E-state index in [-0.39, 0.29) is 11.9 Å². The van der Waals surface area contributed by atoms with Gasteiger partial charge < -0.3 is 29.3 Å². The summed E-state index contributed by atoms with van der Waals surface area (Å²) >= 11 is 0. The van der Waals surface area contributed by atoms with Crippen molar-refractivity contribution in [2.45, 2.75) is 24.9 Å². The molecule has 0 amide bonds. The van der Waals surface area contributed by atoms with Crippen molar-refractivity contribution in [1.82, 2.24) is 9.55 Å². The van der Waals surface area contributed by atoms with Crippen molar-refractivity contribution >= 4 is 7.82 Å². The predicted octanol–water partition coefficient (Wildman–Crippen LogP) is -1.81. The van der Waals surface area contributed by atoms with E-state index in [1.165, 1.54) is 12.3 Å². The summed E-state index contributed by atoms with van der Waals surface area (Å²) in [6.07, 6.45) is -1.63. The summed E-state index contributed by atoms with van der Waals surface area (Å²) in [6.45, 7) is -0.514. The van der Waals surface area contributed by atoms with Gasteiger partial charge in [-0.25, -0.2) is 9.55 Å². The molecule has 0 aromatic carbocycles. The van der Waals surface area contributed by atoms with Crippen LogP contribution in [0.3, 0.4) is 0 Å². The highest BCUT2D eigenvalue weighted by Gasteiger charge is 2.40. The maximum atomic E-state index is 11.6. The van der Waals surface area contributed by atoms with E-state index < -0.39 is 38.9 Å². The molecule has 0 spiro atoms. The van der Waals surface area contributed by atoms with Crippen molar-refractivity contribution in [3.63, 3.8) is 0 Å². The molecule has 0 aliphatic carbocycles. The molecule has 2 heterocycles. The zero-order chi connectivity index (χ0) is 14.9. The predicted molar refractivity (Wildman–Crippen MR) is 60.1 cm³/mol. The minimum Gasteiger partial charge on any atom is -0.846 e. The van der Waals surface area contributed by atoms with Crippen molar-refractivity contribution in [1.29, 1.82) is 5.41 Å². The molecule has 10 nitrogen and oxygen atoms in total. The van der Waals surface area contributed by atoms with E-state index in [1.807, 2.05) is 0 Å². The van der Waals surface area contributed by atoms with Crippen LogP contribution < -0.4 is 10.6 Å².